The van der Waals surface area contributed by atoms with Gasteiger partial charge in [0.15, 0.2) is 0 Å². The van der Waals surface area contributed by atoms with Crippen LogP contribution in [0.4, 0.5) is 15.8 Å². The fraction of sp³-hybridized carbons (Fsp3) is 0.125. The van der Waals surface area contributed by atoms with Gasteiger partial charge in [0.05, 0.1) is 11.3 Å². The number of nitrogens with one attached hydrogen (secondary N) is 2. The number of anilines is 2. The topological polar surface area (TPSA) is 64.9 Å². The number of carbonyl (C=O) groups is 1. The molecule has 0 radical (unpaired) electrons. The molecule has 0 saturated heterocycles. The summed E-state index contributed by atoms with van der Waals surface area (Å²) in [4.78, 5) is 12.2. The van der Waals surface area contributed by atoms with Gasteiger partial charge in [-0.3, -0.25) is 4.79 Å². The predicted octanol–water partition coefficient (Wildman–Crippen LogP) is 2.92. The lowest BCUT2D eigenvalue weighted by atomic mass is 10.1. The zero-order valence-corrected chi connectivity index (χ0v) is 11.1. The standard InChI is InChI=1S/C16H12FN3O/c17-13-2-4-15(12(8-13)9-18)20-16(21)11-1-3-14-10(7-11)5-6-19-14/h1-4,7-8,19H,5-6H2,(H,20,21). The highest BCUT2D eigenvalue weighted by molar-refractivity contribution is 6.05. The average molecular weight is 281 g/mol. The molecule has 0 saturated carbocycles. The largest absolute Gasteiger partial charge is 0.384 e. The number of halogens is 1. The summed E-state index contributed by atoms with van der Waals surface area (Å²) in [6, 6.07) is 11.0. The molecule has 0 spiro atoms. The molecule has 2 aromatic carbocycles. The van der Waals surface area contributed by atoms with Crippen molar-refractivity contribution in [1.82, 2.24) is 0 Å². The lowest BCUT2D eigenvalue weighted by Gasteiger charge is -2.08. The van der Waals surface area contributed by atoms with Crippen molar-refractivity contribution in [3.63, 3.8) is 0 Å². The third-order valence-corrected chi connectivity index (χ3v) is 3.43. The number of hydrogen-bond acceptors (Lipinski definition) is 3. The second kappa shape index (κ2) is 5.25. The quantitative estimate of drug-likeness (QED) is 0.889. The molecule has 5 heteroatoms. The molecule has 1 aliphatic heterocycles. The highest BCUT2D eigenvalue weighted by Gasteiger charge is 2.14. The number of benzene rings is 2. The second-order valence-corrected chi connectivity index (χ2v) is 4.80. The Bertz CT molecular complexity index is 765. The van der Waals surface area contributed by atoms with Crippen molar-refractivity contribution in [3.05, 3.63) is 58.9 Å². The molecule has 0 fully saturated rings. The van der Waals surface area contributed by atoms with Gasteiger partial charge in [-0.1, -0.05) is 0 Å². The second-order valence-electron chi connectivity index (χ2n) is 4.80. The van der Waals surface area contributed by atoms with Gasteiger partial charge in [-0.15, -0.1) is 0 Å². The normalized spacial score (nSPS) is 12.2. The van der Waals surface area contributed by atoms with Gasteiger partial charge in [-0.05, 0) is 48.4 Å². The third-order valence-electron chi connectivity index (χ3n) is 3.43. The van der Waals surface area contributed by atoms with Gasteiger partial charge in [-0.2, -0.15) is 5.26 Å². The Morgan fingerprint density at radius 2 is 2.14 bits per heavy atom. The number of amides is 1. The minimum atomic E-state index is -0.506. The third kappa shape index (κ3) is 2.56. The Kier molecular flexibility index (Phi) is 3.28. The van der Waals surface area contributed by atoms with Crippen molar-refractivity contribution < 1.29 is 9.18 Å². The number of fused-ring (bicyclic) bond motifs is 1. The van der Waals surface area contributed by atoms with Crippen LogP contribution in [-0.2, 0) is 6.42 Å². The van der Waals surface area contributed by atoms with Crippen molar-refractivity contribution in [1.29, 1.82) is 5.26 Å². The molecule has 2 N–H and O–H groups in total. The maximum absolute atomic E-state index is 13.1. The fourth-order valence-electron chi connectivity index (χ4n) is 2.36. The van der Waals surface area contributed by atoms with Crippen molar-refractivity contribution in [2.24, 2.45) is 0 Å². The molecule has 21 heavy (non-hydrogen) atoms. The van der Waals surface area contributed by atoms with E-state index in [-0.39, 0.29) is 11.5 Å². The summed E-state index contributed by atoms with van der Waals surface area (Å²) in [6.07, 6.45) is 0.885. The summed E-state index contributed by atoms with van der Waals surface area (Å²) in [6.45, 7) is 0.872. The van der Waals surface area contributed by atoms with E-state index in [0.717, 1.165) is 30.3 Å². The van der Waals surface area contributed by atoms with Crippen molar-refractivity contribution in [2.75, 3.05) is 17.2 Å². The van der Waals surface area contributed by atoms with E-state index in [0.29, 0.717) is 11.3 Å². The van der Waals surface area contributed by atoms with E-state index < -0.39 is 5.82 Å². The van der Waals surface area contributed by atoms with E-state index in [1.54, 1.807) is 6.07 Å². The molecular formula is C16H12FN3O. The molecule has 0 unspecified atom stereocenters. The zero-order valence-electron chi connectivity index (χ0n) is 11.1. The summed E-state index contributed by atoms with van der Waals surface area (Å²) in [5.41, 5.74) is 3.08. The molecule has 4 nitrogen and oxygen atoms in total. The summed E-state index contributed by atoms with van der Waals surface area (Å²) in [7, 11) is 0. The molecule has 0 atom stereocenters. The van der Waals surface area contributed by atoms with E-state index >= 15 is 0 Å². The summed E-state index contributed by atoms with van der Waals surface area (Å²) < 4.78 is 13.1. The first-order valence-corrected chi connectivity index (χ1v) is 6.55. The maximum Gasteiger partial charge on any atom is 0.255 e. The molecule has 0 aliphatic carbocycles. The van der Waals surface area contributed by atoms with Crippen LogP contribution in [0.25, 0.3) is 0 Å². The summed E-state index contributed by atoms with van der Waals surface area (Å²) in [5.74, 6) is -0.819. The average Bonchev–Trinajstić information content (AvgIpc) is 2.96. The molecular weight excluding hydrogens is 269 g/mol. The molecule has 1 heterocycles. The van der Waals surface area contributed by atoms with Crippen LogP contribution >= 0.6 is 0 Å². The first-order chi connectivity index (χ1) is 10.2. The minimum absolute atomic E-state index is 0.103. The van der Waals surface area contributed by atoms with Crippen LogP contribution in [-0.4, -0.2) is 12.5 Å². The van der Waals surface area contributed by atoms with Crippen molar-refractivity contribution in [2.45, 2.75) is 6.42 Å². The summed E-state index contributed by atoms with van der Waals surface area (Å²) in [5, 5.41) is 14.8. The molecule has 2 aromatic rings. The molecule has 1 aliphatic rings. The van der Waals surface area contributed by atoms with Gasteiger partial charge in [-0.25, -0.2) is 4.39 Å². The SMILES string of the molecule is N#Cc1cc(F)ccc1NC(=O)c1ccc2c(c1)CCN2. The lowest BCUT2D eigenvalue weighted by Crippen LogP contribution is -2.13. The van der Waals surface area contributed by atoms with Gasteiger partial charge >= 0.3 is 0 Å². The van der Waals surface area contributed by atoms with Crippen LogP contribution in [0, 0.1) is 17.1 Å². The van der Waals surface area contributed by atoms with Gasteiger partial charge in [0.2, 0.25) is 0 Å². The molecule has 3 rings (SSSR count). The first kappa shape index (κ1) is 13.1. The van der Waals surface area contributed by atoms with E-state index in [1.165, 1.54) is 12.1 Å². The van der Waals surface area contributed by atoms with Crippen molar-refractivity contribution in [3.8, 4) is 6.07 Å². The Labute approximate surface area is 121 Å². The lowest BCUT2D eigenvalue weighted by molar-refractivity contribution is 0.102. The van der Waals surface area contributed by atoms with Crippen LogP contribution in [0.5, 0.6) is 0 Å². The van der Waals surface area contributed by atoms with Crippen LogP contribution in [0.1, 0.15) is 21.5 Å². The zero-order chi connectivity index (χ0) is 14.8. The van der Waals surface area contributed by atoms with Gasteiger partial charge in [0, 0.05) is 17.8 Å². The Morgan fingerprint density at radius 3 is 2.95 bits per heavy atom. The maximum atomic E-state index is 13.1. The first-order valence-electron chi connectivity index (χ1n) is 6.55. The fourth-order valence-corrected chi connectivity index (χ4v) is 2.36. The summed E-state index contributed by atoms with van der Waals surface area (Å²) >= 11 is 0. The van der Waals surface area contributed by atoms with E-state index in [9.17, 15) is 9.18 Å². The van der Waals surface area contributed by atoms with Crippen LogP contribution < -0.4 is 10.6 Å². The Morgan fingerprint density at radius 1 is 1.29 bits per heavy atom. The smallest absolute Gasteiger partial charge is 0.255 e. The Hall–Kier alpha value is -2.87. The number of rotatable bonds is 2. The van der Waals surface area contributed by atoms with E-state index in [2.05, 4.69) is 10.6 Å². The number of nitriles is 1. The number of nitrogens with zero attached hydrogens (tertiary/aromatic N) is 1. The molecule has 0 bridgehead atoms. The molecule has 0 aromatic heterocycles. The van der Waals surface area contributed by atoms with Gasteiger partial charge in [0.1, 0.15) is 11.9 Å². The molecule has 1 amide bonds. The van der Waals surface area contributed by atoms with E-state index in [4.69, 9.17) is 5.26 Å². The molecule has 104 valence electrons. The highest BCUT2D eigenvalue weighted by atomic mass is 19.1. The highest BCUT2D eigenvalue weighted by Crippen LogP contribution is 2.24. The number of carbonyl (C=O) groups excluding carboxylic acids is 1. The van der Waals surface area contributed by atoms with E-state index in [1.807, 2.05) is 18.2 Å². The minimum Gasteiger partial charge on any atom is -0.384 e. The van der Waals surface area contributed by atoms with Gasteiger partial charge < -0.3 is 10.6 Å². The Balaban J connectivity index is 1.85. The monoisotopic (exact) mass is 281 g/mol. The van der Waals surface area contributed by atoms with Crippen LogP contribution in [0.3, 0.4) is 0 Å². The van der Waals surface area contributed by atoms with Crippen molar-refractivity contribution >= 4 is 17.3 Å². The van der Waals surface area contributed by atoms with Crippen LogP contribution in [0.2, 0.25) is 0 Å². The van der Waals surface area contributed by atoms with Gasteiger partial charge in [0.25, 0.3) is 5.91 Å². The predicted molar refractivity (Wildman–Crippen MR) is 77.7 cm³/mol. The van der Waals surface area contributed by atoms with Crippen LogP contribution in [0.15, 0.2) is 36.4 Å². The number of hydrogen-bond donors (Lipinski definition) is 2.